The predicted molar refractivity (Wildman–Crippen MR) is 95.8 cm³/mol. The Morgan fingerprint density at radius 1 is 1.28 bits per heavy atom. The van der Waals surface area contributed by atoms with Crippen LogP contribution in [0.15, 0.2) is 18.7 Å². The van der Waals surface area contributed by atoms with Crippen LogP contribution in [0, 0.1) is 11.3 Å². The van der Waals surface area contributed by atoms with Crippen molar-refractivity contribution in [3.8, 4) is 0 Å². The lowest BCUT2D eigenvalue weighted by Crippen LogP contribution is -2.44. The van der Waals surface area contributed by atoms with Crippen molar-refractivity contribution in [2.24, 2.45) is 11.3 Å². The maximum atomic E-state index is 12.6. The molecule has 0 bridgehead atoms. The number of hydrogen-bond acceptors (Lipinski definition) is 3. The minimum absolute atomic E-state index is 0.0959. The number of carbonyl (C=O) groups is 2. The number of rotatable bonds is 5. The second-order valence-corrected chi connectivity index (χ2v) is 8.29. The summed E-state index contributed by atoms with van der Waals surface area (Å²) < 4.78 is 1.97. The first-order chi connectivity index (χ1) is 11.9. The molecule has 0 aromatic carbocycles. The molecule has 3 rings (SSSR count). The zero-order valence-corrected chi connectivity index (χ0v) is 15.6. The average molecular weight is 346 g/mol. The van der Waals surface area contributed by atoms with Crippen molar-refractivity contribution < 1.29 is 9.59 Å². The van der Waals surface area contributed by atoms with Gasteiger partial charge in [-0.1, -0.05) is 13.8 Å². The van der Waals surface area contributed by atoms with Gasteiger partial charge in [0.1, 0.15) is 0 Å². The molecule has 1 aromatic rings. The molecule has 1 spiro atoms. The van der Waals surface area contributed by atoms with Gasteiger partial charge in [-0.15, -0.1) is 0 Å². The third kappa shape index (κ3) is 4.05. The second kappa shape index (κ2) is 7.18. The highest BCUT2D eigenvalue weighted by Gasteiger charge is 2.45. The van der Waals surface area contributed by atoms with E-state index in [0.717, 1.165) is 39.0 Å². The van der Waals surface area contributed by atoms with Crippen LogP contribution >= 0.6 is 0 Å². The molecule has 2 fully saturated rings. The molecular weight excluding hydrogens is 316 g/mol. The molecule has 2 aliphatic heterocycles. The summed E-state index contributed by atoms with van der Waals surface area (Å²) in [6.45, 7) is 9.63. The Hall–Kier alpha value is -1.85. The average Bonchev–Trinajstić information content (AvgIpc) is 3.17. The topological polar surface area (TPSA) is 58.4 Å². The lowest BCUT2D eigenvalue weighted by atomic mass is 9.77. The minimum Gasteiger partial charge on any atom is -0.343 e. The largest absolute Gasteiger partial charge is 0.343 e. The Bertz CT molecular complexity index is 603. The first-order valence-electron chi connectivity index (χ1n) is 9.41. The molecule has 1 aromatic heterocycles. The van der Waals surface area contributed by atoms with Gasteiger partial charge in [-0.25, -0.2) is 4.98 Å². The van der Waals surface area contributed by atoms with Crippen molar-refractivity contribution in [1.29, 1.82) is 0 Å². The summed E-state index contributed by atoms with van der Waals surface area (Å²) in [5.74, 6) is 1.01. The zero-order chi connectivity index (χ0) is 18.0. The normalized spacial score (nSPS) is 21.4. The van der Waals surface area contributed by atoms with Crippen LogP contribution in [0.4, 0.5) is 0 Å². The second-order valence-electron chi connectivity index (χ2n) is 8.29. The summed E-state index contributed by atoms with van der Waals surface area (Å²) in [6, 6.07) is 0.125. The van der Waals surface area contributed by atoms with Gasteiger partial charge in [0.05, 0.1) is 6.33 Å². The summed E-state index contributed by atoms with van der Waals surface area (Å²) in [5, 5.41) is 0. The molecule has 2 aliphatic rings. The molecule has 138 valence electrons. The van der Waals surface area contributed by atoms with Gasteiger partial charge in [0.2, 0.25) is 11.8 Å². The maximum absolute atomic E-state index is 12.6. The highest BCUT2D eigenvalue weighted by Crippen LogP contribution is 2.41. The van der Waals surface area contributed by atoms with E-state index in [1.807, 2.05) is 27.5 Å². The number of aromatic nitrogens is 2. The van der Waals surface area contributed by atoms with E-state index in [9.17, 15) is 9.59 Å². The van der Waals surface area contributed by atoms with Crippen LogP contribution in [-0.2, 0) is 9.59 Å². The van der Waals surface area contributed by atoms with Gasteiger partial charge in [0, 0.05) is 62.9 Å². The van der Waals surface area contributed by atoms with Crippen LogP contribution in [0.5, 0.6) is 0 Å². The van der Waals surface area contributed by atoms with Gasteiger partial charge in [-0.05, 0) is 25.7 Å². The molecule has 0 unspecified atom stereocenters. The summed E-state index contributed by atoms with van der Waals surface area (Å²) >= 11 is 0. The third-order valence-electron chi connectivity index (χ3n) is 5.67. The van der Waals surface area contributed by atoms with E-state index in [-0.39, 0.29) is 17.4 Å². The molecule has 6 heteroatoms. The number of likely N-dealkylation sites (tertiary alicyclic amines) is 2. The predicted octanol–water partition coefficient (Wildman–Crippen LogP) is 2.33. The number of imidazole rings is 1. The lowest BCUT2D eigenvalue weighted by Gasteiger charge is -2.39. The molecule has 0 N–H and O–H groups in total. The van der Waals surface area contributed by atoms with Gasteiger partial charge in [-0.2, -0.15) is 0 Å². The molecule has 2 saturated heterocycles. The number of piperidine rings is 1. The number of nitrogens with zero attached hydrogens (tertiary/aromatic N) is 4. The molecule has 6 nitrogen and oxygen atoms in total. The maximum Gasteiger partial charge on any atom is 0.224 e. The fraction of sp³-hybridized carbons (Fsp3) is 0.737. The van der Waals surface area contributed by atoms with Crippen molar-refractivity contribution in [3.05, 3.63) is 18.7 Å². The zero-order valence-electron chi connectivity index (χ0n) is 15.6. The summed E-state index contributed by atoms with van der Waals surface area (Å²) in [5.41, 5.74) is 0.0959. The van der Waals surface area contributed by atoms with Gasteiger partial charge < -0.3 is 14.4 Å². The number of hydrogen-bond donors (Lipinski definition) is 0. The van der Waals surface area contributed by atoms with Crippen LogP contribution in [0.25, 0.3) is 0 Å². The Balaban J connectivity index is 1.52. The van der Waals surface area contributed by atoms with E-state index in [0.29, 0.717) is 24.7 Å². The van der Waals surface area contributed by atoms with Crippen LogP contribution in [0.3, 0.4) is 0 Å². The first kappa shape index (κ1) is 18.0. The molecule has 2 amide bonds. The van der Waals surface area contributed by atoms with Crippen molar-refractivity contribution in [3.63, 3.8) is 0 Å². The monoisotopic (exact) mass is 346 g/mol. The molecule has 1 atom stereocenters. The number of carbonyl (C=O) groups excluding carboxylic acids is 2. The van der Waals surface area contributed by atoms with E-state index in [1.54, 1.807) is 12.5 Å². The molecule has 0 saturated carbocycles. The molecule has 3 heterocycles. The summed E-state index contributed by atoms with van der Waals surface area (Å²) in [6.07, 6.45) is 8.45. The standard InChI is InChI=1S/C19H30N4O2/c1-15(2)12-23-13-19(11-18(23)25)4-7-21(8-5-19)17(24)10-16(3)22-9-6-20-14-22/h6,9,14-16H,4-5,7-8,10-13H2,1-3H3/t16-/m1/s1. The quantitative estimate of drug-likeness (QED) is 0.822. The Morgan fingerprint density at radius 3 is 2.60 bits per heavy atom. The minimum atomic E-state index is 0.0959. The third-order valence-corrected chi connectivity index (χ3v) is 5.67. The van der Waals surface area contributed by atoms with Crippen molar-refractivity contribution in [2.45, 2.75) is 52.5 Å². The highest BCUT2D eigenvalue weighted by atomic mass is 16.2. The van der Waals surface area contributed by atoms with Gasteiger partial charge >= 0.3 is 0 Å². The van der Waals surface area contributed by atoms with Crippen molar-refractivity contribution in [1.82, 2.24) is 19.4 Å². The number of amides is 2. The highest BCUT2D eigenvalue weighted by molar-refractivity contribution is 5.80. The Morgan fingerprint density at radius 2 is 2.00 bits per heavy atom. The summed E-state index contributed by atoms with van der Waals surface area (Å²) in [7, 11) is 0. The Kier molecular flexibility index (Phi) is 5.16. The lowest BCUT2D eigenvalue weighted by molar-refractivity contribution is -0.134. The fourth-order valence-electron chi connectivity index (χ4n) is 4.17. The van der Waals surface area contributed by atoms with E-state index < -0.39 is 0 Å². The van der Waals surface area contributed by atoms with Gasteiger partial charge in [0.15, 0.2) is 0 Å². The summed E-state index contributed by atoms with van der Waals surface area (Å²) in [4.78, 5) is 33.0. The fourth-order valence-corrected chi connectivity index (χ4v) is 4.17. The SMILES string of the molecule is CC(C)CN1CC2(CCN(C(=O)C[C@@H](C)n3ccnc3)CC2)CC1=O. The van der Waals surface area contributed by atoms with E-state index in [2.05, 4.69) is 18.8 Å². The van der Waals surface area contributed by atoms with Crippen LogP contribution < -0.4 is 0 Å². The van der Waals surface area contributed by atoms with Crippen molar-refractivity contribution >= 4 is 11.8 Å². The molecule has 0 aliphatic carbocycles. The van der Waals surface area contributed by atoms with E-state index in [1.165, 1.54) is 0 Å². The molecular formula is C19H30N4O2. The van der Waals surface area contributed by atoms with E-state index in [4.69, 9.17) is 0 Å². The van der Waals surface area contributed by atoms with Crippen molar-refractivity contribution in [2.75, 3.05) is 26.2 Å². The van der Waals surface area contributed by atoms with Crippen LogP contribution in [0.1, 0.15) is 52.5 Å². The molecule has 25 heavy (non-hydrogen) atoms. The first-order valence-corrected chi connectivity index (χ1v) is 9.41. The van der Waals surface area contributed by atoms with E-state index >= 15 is 0 Å². The Labute approximate surface area is 150 Å². The van der Waals surface area contributed by atoms with Crippen LogP contribution in [-0.4, -0.2) is 57.3 Å². The van der Waals surface area contributed by atoms with Crippen LogP contribution in [0.2, 0.25) is 0 Å². The molecule has 0 radical (unpaired) electrons. The smallest absolute Gasteiger partial charge is 0.224 e. The van der Waals surface area contributed by atoms with Gasteiger partial charge in [-0.3, -0.25) is 9.59 Å². The van der Waals surface area contributed by atoms with Gasteiger partial charge in [0.25, 0.3) is 0 Å².